The number of amides is 1. The van der Waals surface area contributed by atoms with Crippen molar-refractivity contribution in [2.45, 2.75) is 44.9 Å². The number of carbonyl (C=O) groups is 1. The number of hydrazine groups is 1. The molecule has 7 heteroatoms. The number of nitrogens with one attached hydrogen (secondary N) is 1. The summed E-state index contributed by atoms with van der Waals surface area (Å²) in [6, 6.07) is 7.96. The van der Waals surface area contributed by atoms with E-state index in [4.69, 9.17) is 4.74 Å². The number of carbonyl (C=O) groups excluding carboxylic acids is 1. The average Bonchev–Trinajstić information content (AvgIpc) is 2.79. The molecule has 0 unspecified atom stereocenters. The number of rotatable bonds is 4. The Morgan fingerprint density at radius 3 is 2.58 bits per heavy atom. The van der Waals surface area contributed by atoms with E-state index in [-0.39, 0.29) is 12.0 Å². The Labute approximate surface area is 149 Å². The van der Waals surface area contributed by atoms with Crippen LogP contribution in [0.4, 0.5) is 13.2 Å². The molecule has 0 saturated carbocycles. The van der Waals surface area contributed by atoms with E-state index >= 15 is 0 Å². The Hall–Kier alpha value is -2.28. The second kappa shape index (κ2) is 6.46. The minimum absolute atomic E-state index is 0.00847. The molecule has 140 valence electrons. The Balaban J connectivity index is 2.19. The number of benzene rings is 2. The quantitative estimate of drug-likeness (QED) is 0.874. The van der Waals surface area contributed by atoms with E-state index in [2.05, 4.69) is 5.43 Å². The van der Waals surface area contributed by atoms with Gasteiger partial charge in [-0.2, -0.15) is 18.2 Å². The van der Waals surface area contributed by atoms with Crippen molar-refractivity contribution in [2.24, 2.45) is 0 Å². The minimum atomic E-state index is -4.56. The van der Waals surface area contributed by atoms with E-state index in [1.807, 2.05) is 6.92 Å². The summed E-state index contributed by atoms with van der Waals surface area (Å²) in [4.78, 5) is 11.8. The summed E-state index contributed by atoms with van der Waals surface area (Å²) in [5.74, 6) is 0.0950. The molecule has 1 aliphatic rings. The van der Waals surface area contributed by atoms with Gasteiger partial charge in [0.2, 0.25) is 5.91 Å². The zero-order chi connectivity index (χ0) is 19.1. The van der Waals surface area contributed by atoms with Crippen molar-refractivity contribution in [2.75, 3.05) is 6.61 Å². The molecule has 1 aliphatic heterocycles. The van der Waals surface area contributed by atoms with Crippen molar-refractivity contribution in [1.82, 2.24) is 10.4 Å². The third kappa shape index (κ3) is 3.35. The van der Waals surface area contributed by atoms with E-state index in [1.165, 1.54) is 6.07 Å². The molecule has 0 aromatic heterocycles. The molecule has 1 fully saturated rings. The van der Waals surface area contributed by atoms with E-state index in [1.54, 1.807) is 44.2 Å². The Kier molecular flexibility index (Phi) is 4.60. The smallest absolute Gasteiger partial charge is 0.409 e. The van der Waals surface area contributed by atoms with Crippen LogP contribution >= 0.6 is 0 Å². The first-order chi connectivity index (χ1) is 12.1. The van der Waals surface area contributed by atoms with E-state index in [9.17, 15) is 18.0 Å². The molecule has 4 nitrogen and oxygen atoms in total. The molecule has 3 rings (SSSR count). The molecular formula is C19H21F3N2O2. The molecule has 1 amide bonds. The van der Waals surface area contributed by atoms with Gasteiger partial charge in [0.1, 0.15) is 5.75 Å². The summed E-state index contributed by atoms with van der Waals surface area (Å²) in [5.41, 5.74) is 1.53. The third-order valence-electron chi connectivity index (χ3n) is 4.55. The normalized spacial score (nSPS) is 18.8. The van der Waals surface area contributed by atoms with Crippen LogP contribution in [0.25, 0.3) is 10.8 Å². The lowest BCUT2D eigenvalue weighted by atomic mass is 9.93. The largest absolute Gasteiger partial charge is 0.494 e. The van der Waals surface area contributed by atoms with Gasteiger partial charge in [-0.15, -0.1) is 0 Å². The fourth-order valence-electron chi connectivity index (χ4n) is 3.45. The van der Waals surface area contributed by atoms with Crippen molar-refractivity contribution >= 4 is 16.7 Å². The van der Waals surface area contributed by atoms with Gasteiger partial charge in [-0.05, 0) is 49.2 Å². The summed E-state index contributed by atoms with van der Waals surface area (Å²) < 4.78 is 47.7. The number of hydrogen-bond donors (Lipinski definition) is 1. The molecule has 0 radical (unpaired) electrons. The van der Waals surface area contributed by atoms with Gasteiger partial charge in [0, 0.05) is 12.0 Å². The second-order valence-electron chi connectivity index (χ2n) is 7.00. The molecular weight excluding hydrogens is 345 g/mol. The standard InChI is InChI=1S/C19H21F3N2O2/c1-4-26-13-9-8-12-6-5-7-14(15(12)10-13)17(19(20,21)22)24-18(2,3)11-16(25)23-24/h5-10,17H,4,11H2,1-3H3,(H,23,25)/t17-/m0/s1. The summed E-state index contributed by atoms with van der Waals surface area (Å²) in [7, 11) is 0. The SMILES string of the molecule is CCOc1ccc2cccc([C@H](N3NC(=O)CC3(C)C)C(F)(F)F)c2c1. The Morgan fingerprint density at radius 1 is 1.27 bits per heavy atom. The first kappa shape index (κ1) is 18.5. The maximum Gasteiger partial charge on any atom is 0.409 e. The molecule has 2 aromatic rings. The third-order valence-corrected chi connectivity index (χ3v) is 4.55. The van der Waals surface area contributed by atoms with Crippen molar-refractivity contribution in [3.63, 3.8) is 0 Å². The number of nitrogens with zero attached hydrogens (tertiary/aromatic N) is 1. The van der Waals surface area contributed by atoms with Crippen LogP contribution in [0.2, 0.25) is 0 Å². The van der Waals surface area contributed by atoms with E-state index in [0.29, 0.717) is 23.1 Å². The Bertz CT molecular complexity index is 833. The fraction of sp³-hybridized carbons (Fsp3) is 0.421. The van der Waals surface area contributed by atoms with Gasteiger partial charge in [-0.3, -0.25) is 10.2 Å². The monoisotopic (exact) mass is 366 g/mol. The van der Waals surface area contributed by atoms with Gasteiger partial charge in [-0.1, -0.05) is 24.3 Å². The van der Waals surface area contributed by atoms with E-state index in [0.717, 1.165) is 5.01 Å². The van der Waals surface area contributed by atoms with Crippen molar-refractivity contribution in [1.29, 1.82) is 0 Å². The molecule has 0 bridgehead atoms. The summed E-state index contributed by atoms with van der Waals surface area (Å²) in [6.45, 7) is 5.49. The number of halogens is 3. The zero-order valence-corrected chi connectivity index (χ0v) is 14.9. The molecule has 1 saturated heterocycles. The summed E-state index contributed by atoms with van der Waals surface area (Å²) in [5, 5.41) is 2.17. The zero-order valence-electron chi connectivity index (χ0n) is 14.9. The number of hydrogen-bond acceptors (Lipinski definition) is 3. The van der Waals surface area contributed by atoms with Gasteiger partial charge < -0.3 is 4.74 Å². The number of ether oxygens (including phenoxy) is 1. The van der Waals surface area contributed by atoms with E-state index < -0.39 is 23.7 Å². The molecule has 1 N–H and O–H groups in total. The van der Waals surface area contributed by atoms with Gasteiger partial charge in [0.15, 0.2) is 6.04 Å². The topological polar surface area (TPSA) is 41.6 Å². The van der Waals surface area contributed by atoms with Crippen molar-refractivity contribution in [3.05, 3.63) is 42.0 Å². The van der Waals surface area contributed by atoms with Crippen LogP contribution in [-0.4, -0.2) is 29.2 Å². The molecule has 1 heterocycles. The van der Waals surface area contributed by atoms with Gasteiger partial charge in [0.05, 0.1) is 6.61 Å². The molecule has 0 aliphatic carbocycles. The lowest BCUT2D eigenvalue weighted by Crippen LogP contribution is -2.51. The predicted molar refractivity (Wildman–Crippen MR) is 92.6 cm³/mol. The van der Waals surface area contributed by atoms with Gasteiger partial charge in [-0.25, -0.2) is 0 Å². The molecule has 2 aromatic carbocycles. The maximum absolute atomic E-state index is 14.1. The average molecular weight is 366 g/mol. The highest BCUT2D eigenvalue weighted by atomic mass is 19.4. The fourth-order valence-corrected chi connectivity index (χ4v) is 3.45. The van der Waals surface area contributed by atoms with Gasteiger partial charge >= 0.3 is 6.18 Å². The number of alkyl halides is 3. The Morgan fingerprint density at radius 2 is 2.00 bits per heavy atom. The number of fused-ring (bicyclic) bond motifs is 1. The first-order valence-corrected chi connectivity index (χ1v) is 8.44. The first-order valence-electron chi connectivity index (χ1n) is 8.44. The van der Waals surface area contributed by atoms with Gasteiger partial charge in [0.25, 0.3) is 0 Å². The summed E-state index contributed by atoms with van der Waals surface area (Å²) in [6.07, 6.45) is -4.56. The molecule has 26 heavy (non-hydrogen) atoms. The maximum atomic E-state index is 14.1. The lowest BCUT2D eigenvalue weighted by molar-refractivity contribution is -0.203. The minimum Gasteiger partial charge on any atom is -0.494 e. The van der Waals surface area contributed by atoms with Crippen molar-refractivity contribution < 1.29 is 22.7 Å². The highest BCUT2D eigenvalue weighted by molar-refractivity contribution is 5.88. The summed E-state index contributed by atoms with van der Waals surface area (Å²) >= 11 is 0. The highest BCUT2D eigenvalue weighted by Gasteiger charge is 2.53. The van der Waals surface area contributed by atoms with Crippen LogP contribution < -0.4 is 10.2 Å². The van der Waals surface area contributed by atoms with Crippen LogP contribution in [0.5, 0.6) is 5.75 Å². The predicted octanol–water partition coefficient (Wildman–Crippen LogP) is 4.36. The van der Waals surface area contributed by atoms with Crippen LogP contribution in [0, 0.1) is 0 Å². The molecule has 0 spiro atoms. The highest BCUT2D eigenvalue weighted by Crippen LogP contribution is 2.45. The van der Waals surface area contributed by atoms with Crippen LogP contribution in [0.3, 0.4) is 0 Å². The van der Waals surface area contributed by atoms with Crippen LogP contribution in [0.15, 0.2) is 36.4 Å². The van der Waals surface area contributed by atoms with Crippen molar-refractivity contribution in [3.8, 4) is 5.75 Å². The van der Waals surface area contributed by atoms with Crippen LogP contribution in [-0.2, 0) is 4.79 Å². The second-order valence-corrected chi connectivity index (χ2v) is 7.00. The lowest BCUT2D eigenvalue weighted by Gasteiger charge is -2.38. The molecule has 1 atom stereocenters. The van der Waals surface area contributed by atoms with Crippen LogP contribution in [0.1, 0.15) is 38.8 Å².